The number of carbonyl (C=O) groups is 1. The average Bonchev–Trinajstić information content (AvgIpc) is 2.68. The molecule has 118 valence electrons. The Morgan fingerprint density at radius 1 is 1.20 bits per heavy atom. The third kappa shape index (κ3) is 4.45. The van der Waals surface area contributed by atoms with Gasteiger partial charge in [0.05, 0.1) is 11.7 Å². The molecule has 4 nitrogen and oxygen atoms in total. The van der Waals surface area contributed by atoms with Gasteiger partial charge in [-0.1, -0.05) is 33.6 Å². The second-order valence-electron chi connectivity index (χ2n) is 5.95. The summed E-state index contributed by atoms with van der Waals surface area (Å²) >= 11 is 0. The highest BCUT2D eigenvalue weighted by Crippen LogP contribution is 2.25. The lowest BCUT2D eigenvalue weighted by Crippen LogP contribution is -2.43. The van der Waals surface area contributed by atoms with Crippen LogP contribution in [0.5, 0.6) is 0 Å². The molecule has 1 fully saturated rings. The molecule has 0 aromatic rings. The predicted octanol–water partition coefficient (Wildman–Crippen LogP) is 2.92. The molecule has 1 rings (SSSR count). The molecule has 1 saturated heterocycles. The van der Waals surface area contributed by atoms with Crippen LogP contribution in [0.3, 0.4) is 0 Å². The monoisotopic (exact) mass is 284 g/mol. The van der Waals surface area contributed by atoms with Crippen molar-refractivity contribution in [3.63, 3.8) is 0 Å². The first kappa shape index (κ1) is 17.4. The summed E-state index contributed by atoms with van der Waals surface area (Å²) in [6, 6.07) is 0. The maximum absolute atomic E-state index is 12.5. The molecule has 0 aliphatic carbocycles. The second-order valence-corrected chi connectivity index (χ2v) is 5.95. The van der Waals surface area contributed by atoms with Crippen LogP contribution in [-0.2, 0) is 9.53 Å². The van der Waals surface area contributed by atoms with Crippen molar-refractivity contribution >= 4 is 5.91 Å². The van der Waals surface area contributed by atoms with Crippen LogP contribution in [0.15, 0.2) is 0 Å². The molecule has 1 aliphatic rings. The van der Waals surface area contributed by atoms with E-state index in [1.807, 2.05) is 11.8 Å². The molecule has 0 aromatic carbocycles. The fourth-order valence-electron chi connectivity index (χ4n) is 2.66. The van der Waals surface area contributed by atoms with Crippen LogP contribution in [-0.4, -0.2) is 42.3 Å². The van der Waals surface area contributed by atoms with Gasteiger partial charge in [-0.15, -0.1) is 0 Å². The molecule has 2 unspecified atom stereocenters. The van der Waals surface area contributed by atoms with Gasteiger partial charge in [-0.2, -0.15) is 0 Å². The molecule has 1 heterocycles. The van der Waals surface area contributed by atoms with E-state index in [0.29, 0.717) is 0 Å². The van der Waals surface area contributed by atoms with Crippen molar-refractivity contribution in [1.82, 2.24) is 10.2 Å². The smallest absolute Gasteiger partial charge is 0.243 e. The lowest BCUT2D eigenvalue weighted by atomic mass is 9.99. The summed E-state index contributed by atoms with van der Waals surface area (Å²) in [5, 5.41) is 3.51. The molecular formula is C16H32N2O2. The lowest BCUT2D eigenvalue weighted by Gasteiger charge is -2.23. The van der Waals surface area contributed by atoms with E-state index >= 15 is 0 Å². The SMILES string of the molecule is CCCCOCCCN1C(=O)C(C)(CC)NC1CCC. The molecule has 0 saturated carbocycles. The second kappa shape index (κ2) is 8.63. The van der Waals surface area contributed by atoms with Crippen LogP contribution < -0.4 is 5.32 Å². The fraction of sp³-hybridized carbons (Fsp3) is 0.938. The van der Waals surface area contributed by atoms with Crippen molar-refractivity contribution in [2.75, 3.05) is 19.8 Å². The van der Waals surface area contributed by atoms with Gasteiger partial charge in [0.25, 0.3) is 0 Å². The van der Waals surface area contributed by atoms with Gasteiger partial charge in [0, 0.05) is 19.8 Å². The van der Waals surface area contributed by atoms with Crippen LogP contribution in [0, 0.1) is 0 Å². The highest BCUT2D eigenvalue weighted by atomic mass is 16.5. The lowest BCUT2D eigenvalue weighted by molar-refractivity contribution is -0.133. The highest BCUT2D eigenvalue weighted by molar-refractivity contribution is 5.88. The third-order valence-electron chi connectivity index (χ3n) is 4.19. The first-order chi connectivity index (χ1) is 9.59. The quantitative estimate of drug-likeness (QED) is 0.627. The van der Waals surface area contributed by atoms with Gasteiger partial charge < -0.3 is 9.64 Å². The fourth-order valence-corrected chi connectivity index (χ4v) is 2.66. The van der Waals surface area contributed by atoms with Crippen molar-refractivity contribution in [2.24, 2.45) is 0 Å². The van der Waals surface area contributed by atoms with E-state index in [1.165, 1.54) is 6.42 Å². The molecule has 2 atom stereocenters. The zero-order chi connectivity index (χ0) is 15.0. The molecule has 1 amide bonds. The minimum Gasteiger partial charge on any atom is -0.381 e. The van der Waals surface area contributed by atoms with Gasteiger partial charge in [0.2, 0.25) is 5.91 Å². The molecule has 0 spiro atoms. The van der Waals surface area contributed by atoms with Gasteiger partial charge in [-0.25, -0.2) is 0 Å². The van der Waals surface area contributed by atoms with Crippen LogP contribution in [0.25, 0.3) is 0 Å². The average molecular weight is 284 g/mol. The summed E-state index contributed by atoms with van der Waals surface area (Å²) in [5.74, 6) is 0.256. The Kier molecular flexibility index (Phi) is 7.52. The molecule has 4 heteroatoms. The van der Waals surface area contributed by atoms with E-state index in [2.05, 4.69) is 26.1 Å². The predicted molar refractivity (Wildman–Crippen MR) is 82.6 cm³/mol. The van der Waals surface area contributed by atoms with E-state index in [4.69, 9.17) is 4.74 Å². The number of unbranched alkanes of at least 4 members (excludes halogenated alkanes) is 1. The summed E-state index contributed by atoms with van der Waals surface area (Å²) < 4.78 is 5.58. The number of amides is 1. The highest BCUT2D eigenvalue weighted by Gasteiger charge is 2.45. The number of nitrogens with one attached hydrogen (secondary N) is 1. The Balaban J connectivity index is 2.42. The van der Waals surface area contributed by atoms with Gasteiger partial charge in [-0.05, 0) is 32.6 Å². The first-order valence-electron chi connectivity index (χ1n) is 8.25. The van der Waals surface area contributed by atoms with Gasteiger partial charge >= 0.3 is 0 Å². The van der Waals surface area contributed by atoms with Crippen molar-refractivity contribution in [3.8, 4) is 0 Å². The normalized spacial score (nSPS) is 26.5. The molecule has 0 radical (unpaired) electrons. The Morgan fingerprint density at radius 2 is 1.90 bits per heavy atom. The third-order valence-corrected chi connectivity index (χ3v) is 4.19. The van der Waals surface area contributed by atoms with E-state index in [9.17, 15) is 4.79 Å². The van der Waals surface area contributed by atoms with Gasteiger partial charge in [-0.3, -0.25) is 10.1 Å². The molecular weight excluding hydrogens is 252 g/mol. The van der Waals surface area contributed by atoms with E-state index in [-0.39, 0.29) is 17.6 Å². The standard InChI is InChI=1S/C16H32N2O2/c1-5-8-12-20-13-9-11-18-14(10-6-2)17-16(4,7-3)15(18)19/h14,17H,5-13H2,1-4H3. The van der Waals surface area contributed by atoms with E-state index in [1.54, 1.807) is 0 Å². The number of carbonyl (C=O) groups excluding carboxylic acids is 1. The molecule has 1 N–H and O–H groups in total. The zero-order valence-corrected chi connectivity index (χ0v) is 13.7. The van der Waals surface area contributed by atoms with Crippen molar-refractivity contribution in [2.45, 2.75) is 77.9 Å². The molecule has 0 aromatic heterocycles. The molecule has 1 aliphatic heterocycles. The maximum atomic E-state index is 12.5. The van der Waals surface area contributed by atoms with Gasteiger partial charge in [0.15, 0.2) is 0 Å². The van der Waals surface area contributed by atoms with Crippen molar-refractivity contribution in [3.05, 3.63) is 0 Å². The number of rotatable bonds is 10. The number of nitrogens with zero attached hydrogens (tertiary/aromatic N) is 1. The molecule has 0 bridgehead atoms. The Bertz CT molecular complexity index is 296. The first-order valence-corrected chi connectivity index (χ1v) is 8.25. The van der Waals surface area contributed by atoms with E-state index < -0.39 is 0 Å². The van der Waals surface area contributed by atoms with Gasteiger partial charge in [0.1, 0.15) is 0 Å². The summed E-state index contributed by atoms with van der Waals surface area (Å²) in [6.45, 7) is 10.8. The summed E-state index contributed by atoms with van der Waals surface area (Å²) in [5.41, 5.74) is -0.372. The summed E-state index contributed by atoms with van der Waals surface area (Å²) in [7, 11) is 0. The number of hydrogen-bond acceptors (Lipinski definition) is 3. The topological polar surface area (TPSA) is 41.6 Å². The van der Waals surface area contributed by atoms with Crippen LogP contribution in [0.1, 0.15) is 66.2 Å². The van der Waals surface area contributed by atoms with E-state index in [0.717, 1.165) is 51.9 Å². The Morgan fingerprint density at radius 3 is 2.50 bits per heavy atom. The van der Waals surface area contributed by atoms with Crippen molar-refractivity contribution in [1.29, 1.82) is 0 Å². The van der Waals surface area contributed by atoms with Crippen LogP contribution >= 0.6 is 0 Å². The zero-order valence-electron chi connectivity index (χ0n) is 13.7. The summed E-state index contributed by atoms with van der Waals surface area (Å²) in [4.78, 5) is 14.6. The maximum Gasteiger partial charge on any atom is 0.243 e. The molecule has 20 heavy (non-hydrogen) atoms. The van der Waals surface area contributed by atoms with Crippen molar-refractivity contribution < 1.29 is 9.53 Å². The largest absolute Gasteiger partial charge is 0.381 e. The van der Waals surface area contributed by atoms with Crippen LogP contribution in [0.2, 0.25) is 0 Å². The Labute approximate surface area is 124 Å². The van der Waals surface area contributed by atoms with Crippen LogP contribution in [0.4, 0.5) is 0 Å². The minimum atomic E-state index is -0.372. The summed E-state index contributed by atoms with van der Waals surface area (Å²) in [6.07, 6.45) is 6.38. The number of ether oxygens (including phenoxy) is 1. The number of hydrogen-bond donors (Lipinski definition) is 1. The Hall–Kier alpha value is -0.610. The minimum absolute atomic E-state index is 0.202.